The van der Waals surface area contributed by atoms with E-state index in [9.17, 15) is 4.79 Å². The molecule has 4 saturated heterocycles. The Hall–Kier alpha value is 0.682. The monoisotopic (exact) mass is 1110 g/mol. The van der Waals surface area contributed by atoms with Crippen molar-refractivity contribution in [2.24, 2.45) is 0 Å². The van der Waals surface area contributed by atoms with Gasteiger partial charge in [-0.2, -0.15) is 0 Å². The lowest BCUT2D eigenvalue weighted by molar-refractivity contribution is -0.139. The van der Waals surface area contributed by atoms with Crippen LogP contribution in [0.15, 0.2) is 12.2 Å². The number of rotatable bonds is 14. The third kappa shape index (κ3) is 9.89. The zero-order valence-corrected chi connectivity index (χ0v) is 51.9. The van der Waals surface area contributed by atoms with Gasteiger partial charge in [-0.05, 0) is 135 Å². The first-order valence-electron chi connectivity index (χ1n) is 28.3. The molecule has 4 atom stereocenters. The van der Waals surface area contributed by atoms with Crippen LogP contribution in [0.5, 0.6) is 0 Å². The lowest BCUT2D eigenvalue weighted by Crippen LogP contribution is -2.87. The summed E-state index contributed by atoms with van der Waals surface area (Å²) < 4.78 is 108. The van der Waals surface area contributed by atoms with E-state index >= 15 is 0 Å². The van der Waals surface area contributed by atoms with Gasteiger partial charge in [-0.15, -0.1) is 0 Å². The maximum absolute atomic E-state index is 12.8. The summed E-state index contributed by atoms with van der Waals surface area (Å²) in [4.78, 5) is 12.8. The Bertz CT molecular complexity index is 1790. The van der Waals surface area contributed by atoms with Crippen molar-refractivity contribution in [3.8, 4) is 0 Å². The van der Waals surface area contributed by atoms with Crippen molar-refractivity contribution in [1.29, 1.82) is 0 Å². The summed E-state index contributed by atoms with van der Waals surface area (Å²) in [6.45, 7) is 14.9. The number of carbonyl (C=O) groups excluding carboxylic acids is 1. The van der Waals surface area contributed by atoms with Gasteiger partial charge in [0.1, 0.15) is 0 Å². The molecule has 0 amide bonds. The summed E-state index contributed by atoms with van der Waals surface area (Å²) >= 11 is 0. The summed E-state index contributed by atoms with van der Waals surface area (Å²) in [6, 6.07) is 0.539. The van der Waals surface area contributed by atoms with Crippen molar-refractivity contribution in [1.82, 2.24) is 0 Å². The summed E-state index contributed by atoms with van der Waals surface area (Å²) in [5, 5.41) is 0. The van der Waals surface area contributed by atoms with Gasteiger partial charge in [0.2, 0.25) is 0 Å². The lowest BCUT2D eigenvalue weighted by atomic mass is 10.4. The average Bonchev–Trinajstić information content (AvgIpc) is 4.15. The van der Waals surface area contributed by atoms with E-state index in [-0.39, 0.29) is 51.4 Å². The molecule has 0 aromatic heterocycles. The van der Waals surface area contributed by atoms with Gasteiger partial charge in [0, 0.05) is 44.4 Å². The minimum absolute atomic E-state index is 0.0137. The summed E-state index contributed by atoms with van der Waals surface area (Å²) in [5.74, 6) is -0.381. The molecule has 69 heavy (non-hydrogen) atoms. The molecular weight excluding hydrogens is 1030 g/mol. The van der Waals surface area contributed by atoms with Gasteiger partial charge in [-0.25, -0.2) is 4.79 Å². The molecule has 7 saturated carbocycles. The fraction of sp³-hybridized carbons (Fsp3) is 0.935. The number of hydrogen-bond donors (Lipinski definition) is 0. The van der Waals surface area contributed by atoms with Crippen LogP contribution in [-0.4, -0.2) is 91.1 Å². The van der Waals surface area contributed by atoms with Gasteiger partial charge >= 0.3 is 76.2 Å². The van der Waals surface area contributed by atoms with Crippen LogP contribution in [0.2, 0.25) is 71.0 Å². The molecule has 11 aliphatic rings. The van der Waals surface area contributed by atoms with E-state index in [1.165, 1.54) is 0 Å². The van der Waals surface area contributed by atoms with Gasteiger partial charge in [-0.1, -0.05) is 96.5 Å². The Balaban J connectivity index is 1.21. The van der Waals surface area contributed by atoms with Gasteiger partial charge < -0.3 is 54.1 Å². The van der Waals surface area contributed by atoms with Crippen molar-refractivity contribution in [2.75, 3.05) is 6.61 Å². The van der Waals surface area contributed by atoms with Crippen LogP contribution in [0.25, 0.3) is 0 Å². The number of hydrogen-bond acceptors (Lipinski definition) is 14. The molecule has 7 aliphatic carbocycles. The third-order valence-corrected chi connectivity index (χ3v) is 60.2. The minimum Gasteiger partial charge on any atom is -0.462 e. The lowest BCUT2D eigenvalue weighted by Gasteiger charge is -2.64. The Morgan fingerprint density at radius 3 is 0.986 bits per heavy atom. The topological polar surface area (TPSA) is 137 Å². The average molecular weight is 1120 g/mol. The standard InChI is InChI=1S/C46H86O14Si9/c1-38(2)46(47)48-36-21-37-62(6)50-64(40-24-9-10-25-40)54-66(42-28-13-14-29-42)52-63(49-61(3,4)5,39-22-7-8-23-39)53-67(43-30-15-16-31-43)55-65(51-62,41-26-11-12-27-41)57-68(56-64,44-32-17-18-33-44)60-69(58-66,59-67)45-34-19-20-35-45/h39-45H,1,7-37H2,2-6H3. The van der Waals surface area contributed by atoms with Gasteiger partial charge in [0.25, 0.3) is 0 Å². The molecule has 6 bridgehead atoms. The highest BCUT2D eigenvalue weighted by Gasteiger charge is 2.85. The molecule has 4 heterocycles. The molecule has 23 heteroatoms. The molecular formula is C46H86O14Si9. The molecule has 4 aliphatic heterocycles. The Labute approximate surface area is 423 Å². The van der Waals surface area contributed by atoms with Gasteiger partial charge in [-0.3, -0.25) is 0 Å². The Morgan fingerprint density at radius 1 is 0.449 bits per heavy atom. The van der Waals surface area contributed by atoms with Crippen molar-refractivity contribution in [3.63, 3.8) is 0 Å². The molecule has 4 unspecified atom stereocenters. The number of carbonyl (C=O) groups is 1. The Morgan fingerprint density at radius 2 is 0.710 bits per heavy atom. The number of ether oxygens (including phenoxy) is 1. The second kappa shape index (κ2) is 19.9. The second-order valence-electron chi connectivity index (χ2n) is 24.6. The van der Waals surface area contributed by atoms with Crippen molar-refractivity contribution in [3.05, 3.63) is 12.2 Å². The first-order valence-corrected chi connectivity index (χ1v) is 46.8. The van der Waals surface area contributed by atoms with Crippen LogP contribution >= 0.6 is 0 Å². The van der Waals surface area contributed by atoms with Crippen LogP contribution in [0.1, 0.15) is 193 Å². The summed E-state index contributed by atoms with van der Waals surface area (Å²) in [6.07, 6.45) is 28.8. The van der Waals surface area contributed by atoms with Crippen LogP contribution < -0.4 is 0 Å². The number of fused-ring (bicyclic) bond motifs is 4. The molecule has 0 aromatic carbocycles. The molecule has 11 fully saturated rings. The minimum atomic E-state index is -4.11. The van der Waals surface area contributed by atoms with E-state index in [4.69, 9.17) is 54.1 Å². The quantitative estimate of drug-likeness (QED) is 0.0706. The van der Waals surface area contributed by atoms with E-state index in [1.54, 1.807) is 6.92 Å². The van der Waals surface area contributed by atoms with E-state index in [2.05, 4.69) is 32.8 Å². The molecule has 14 nitrogen and oxygen atoms in total. The largest absolute Gasteiger partial charge is 0.482 e. The normalized spacial score (nSPS) is 43.6. The second-order valence-corrected chi connectivity index (χ2v) is 55.5. The highest BCUT2D eigenvalue weighted by molar-refractivity contribution is 7.03. The fourth-order valence-electron chi connectivity index (χ4n) is 14.8. The molecule has 0 radical (unpaired) electrons. The SMILES string of the molecule is C=C(C)C(=O)OCCC[Si]1(C)O[Si]2(C3CCCC3)O[Si]3(C4CCCC4)O[Si](O[Si](C)(C)C)(C4CCCC4)O[Si]4(C5CCCC5)O[Si](C5CCCC5)(O1)O[Si](C1CCCC1)(O2)O[Si](C1CCCC1)(O3)O4. The Kier molecular flexibility index (Phi) is 14.9. The van der Waals surface area contributed by atoms with E-state index in [1.807, 2.05) is 0 Å². The van der Waals surface area contributed by atoms with E-state index in [0.717, 1.165) is 180 Å². The first-order chi connectivity index (χ1) is 33.0. The van der Waals surface area contributed by atoms with Crippen molar-refractivity contribution < 1.29 is 58.9 Å². The number of esters is 1. The summed E-state index contributed by atoms with van der Waals surface area (Å²) in [7, 11) is -34.2. The third-order valence-electron chi connectivity index (χ3n) is 18.1. The highest BCUT2D eigenvalue weighted by Crippen LogP contribution is 2.64. The van der Waals surface area contributed by atoms with Crippen molar-refractivity contribution >= 4 is 84.5 Å². The maximum Gasteiger partial charge on any atom is 0.482 e. The van der Waals surface area contributed by atoms with Gasteiger partial charge in [0.15, 0.2) is 8.32 Å². The van der Waals surface area contributed by atoms with Crippen molar-refractivity contribution in [2.45, 2.75) is 264 Å². The van der Waals surface area contributed by atoms with Crippen LogP contribution in [0, 0.1) is 0 Å². The summed E-state index contributed by atoms with van der Waals surface area (Å²) in [5.41, 5.74) is 0.415. The molecule has 0 aromatic rings. The van der Waals surface area contributed by atoms with Crippen LogP contribution in [0.4, 0.5) is 0 Å². The zero-order chi connectivity index (χ0) is 47.8. The van der Waals surface area contributed by atoms with E-state index in [0.29, 0.717) is 18.0 Å². The first kappa shape index (κ1) is 51.8. The fourth-order valence-corrected chi connectivity index (χ4v) is 72.6. The maximum atomic E-state index is 12.8. The predicted octanol–water partition coefficient (Wildman–Crippen LogP) is 12.8. The van der Waals surface area contributed by atoms with E-state index < -0.39 is 78.5 Å². The molecule has 0 N–H and O–H groups in total. The molecule has 0 spiro atoms. The predicted molar refractivity (Wildman–Crippen MR) is 279 cm³/mol. The van der Waals surface area contributed by atoms with Gasteiger partial charge in [0.05, 0.1) is 6.61 Å². The smallest absolute Gasteiger partial charge is 0.462 e. The highest BCUT2D eigenvalue weighted by atomic mass is 28.6. The van der Waals surface area contributed by atoms with Crippen LogP contribution in [-0.2, 0) is 58.9 Å². The molecule has 11 rings (SSSR count). The van der Waals surface area contributed by atoms with Crippen LogP contribution in [0.3, 0.4) is 0 Å². The molecule has 390 valence electrons. The zero-order valence-electron chi connectivity index (χ0n) is 42.9.